The van der Waals surface area contributed by atoms with Crippen LogP contribution in [0.5, 0.6) is 0 Å². The van der Waals surface area contributed by atoms with Crippen LogP contribution in [0.4, 0.5) is 0 Å². The number of nitrogens with one attached hydrogen (secondary N) is 1. The molecule has 2 fully saturated rings. The molecule has 26 heavy (non-hydrogen) atoms. The van der Waals surface area contributed by atoms with Gasteiger partial charge in [0.15, 0.2) is 0 Å². The van der Waals surface area contributed by atoms with Crippen LogP contribution < -0.4 is 5.32 Å². The average Bonchev–Trinajstić information content (AvgIpc) is 2.79. The van der Waals surface area contributed by atoms with Crippen molar-refractivity contribution in [1.82, 2.24) is 9.62 Å². The summed E-state index contributed by atoms with van der Waals surface area (Å²) in [4.78, 5) is 12.6. The molecule has 144 valence electrons. The summed E-state index contributed by atoms with van der Waals surface area (Å²) in [6.07, 6.45) is 5.08. The van der Waals surface area contributed by atoms with Gasteiger partial charge in [0.2, 0.25) is 15.9 Å². The second kappa shape index (κ2) is 7.31. The number of carbonyl (C=O) groups is 1. The van der Waals surface area contributed by atoms with Crippen LogP contribution in [0.15, 0.2) is 17.0 Å². The number of rotatable bonds is 5. The van der Waals surface area contributed by atoms with Crippen LogP contribution in [0.3, 0.4) is 0 Å². The van der Waals surface area contributed by atoms with E-state index in [1.165, 1.54) is 5.56 Å². The molecule has 1 amide bonds. The first-order chi connectivity index (χ1) is 12.4. The molecule has 3 rings (SSSR count). The summed E-state index contributed by atoms with van der Waals surface area (Å²) in [5.41, 5.74) is 2.46. The Bertz CT molecular complexity index is 772. The number of carbonyl (C=O) groups excluding carboxylic acids is 1. The van der Waals surface area contributed by atoms with Crippen molar-refractivity contribution in [2.45, 2.75) is 76.2 Å². The minimum absolute atomic E-state index is 0.0323. The lowest BCUT2D eigenvalue weighted by Gasteiger charge is -2.48. The Balaban J connectivity index is 2.14. The minimum atomic E-state index is -3.65. The smallest absolute Gasteiger partial charge is 0.244 e. The number of sulfonamides is 1. The Morgan fingerprint density at radius 1 is 1.08 bits per heavy atom. The fraction of sp³-hybridized carbons (Fsp3) is 0.650. The molecule has 0 unspecified atom stereocenters. The molecule has 0 radical (unpaired) electrons. The summed E-state index contributed by atoms with van der Waals surface area (Å²) < 4.78 is 29.3. The molecule has 0 aromatic heterocycles. The maximum atomic E-state index is 13.8. The van der Waals surface area contributed by atoms with Gasteiger partial charge in [0.25, 0.3) is 0 Å². The summed E-state index contributed by atoms with van der Waals surface area (Å²) >= 11 is 0. The number of nitrogens with zero attached hydrogens (tertiary/aromatic N) is 1. The van der Waals surface area contributed by atoms with E-state index in [0.717, 1.165) is 36.8 Å². The highest BCUT2D eigenvalue weighted by Gasteiger charge is 2.51. The summed E-state index contributed by atoms with van der Waals surface area (Å²) in [5, 5.41) is 2.85. The Hall–Kier alpha value is -1.40. The lowest BCUT2D eigenvalue weighted by molar-refractivity contribution is -0.123. The van der Waals surface area contributed by atoms with Crippen LogP contribution in [0.25, 0.3) is 0 Å². The van der Waals surface area contributed by atoms with Gasteiger partial charge in [-0.25, -0.2) is 8.42 Å². The highest BCUT2D eigenvalue weighted by Crippen LogP contribution is 2.45. The maximum absolute atomic E-state index is 13.8. The fourth-order valence-corrected chi connectivity index (χ4v) is 6.75. The van der Waals surface area contributed by atoms with E-state index < -0.39 is 15.6 Å². The molecule has 0 bridgehead atoms. The van der Waals surface area contributed by atoms with E-state index in [1.54, 1.807) is 4.31 Å². The molecule has 1 aromatic rings. The molecule has 5 nitrogen and oxygen atoms in total. The van der Waals surface area contributed by atoms with E-state index in [0.29, 0.717) is 30.8 Å². The van der Waals surface area contributed by atoms with Crippen LogP contribution in [-0.4, -0.2) is 37.3 Å². The highest BCUT2D eigenvalue weighted by molar-refractivity contribution is 7.89. The first-order valence-corrected chi connectivity index (χ1v) is 11.3. The predicted octanol–water partition coefficient (Wildman–Crippen LogP) is 2.81. The van der Waals surface area contributed by atoms with Gasteiger partial charge in [-0.05, 0) is 55.2 Å². The van der Waals surface area contributed by atoms with Crippen LogP contribution in [0.2, 0.25) is 0 Å². The van der Waals surface area contributed by atoms with E-state index >= 15 is 0 Å². The van der Waals surface area contributed by atoms with E-state index in [9.17, 15) is 13.2 Å². The minimum Gasteiger partial charge on any atom is -0.355 e. The Morgan fingerprint density at radius 3 is 2.15 bits per heavy atom. The molecule has 1 aliphatic heterocycles. The van der Waals surface area contributed by atoms with Gasteiger partial charge in [-0.3, -0.25) is 4.79 Å². The first-order valence-electron chi connectivity index (χ1n) is 9.82. The standard InChI is InChI=1S/C20H30N2O3S/c1-4-15-12-16(5-2)19(17(6-3)13-15)26(24,25)22-11-10-21-18(23)14-20(22)8-7-9-20/h12-13H,4-11,14H2,1-3H3,(H,21,23). The summed E-state index contributed by atoms with van der Waals surface area (Å²) in [5.74, 6) is -0.0323. The molecular weight excluding hydrogens is 348 g/mol. The summed E-state index contributed by atoms with van der Waals surface area (Å²) in [6.45, 7) is 6.86. The maximum Gasteiger partial charge on any atom is 0.244 e. The Kier molecular flexibility index (Phi) is 5.45. The molecule has 1 spiro atoms. The largest absolute Gasteiger partial charge is 0.355 e. The average molecular weight is 379 g/mol. The lowest BCUT2D eigenvalue weighted by atomic mass is 9.74. The highest BCUT2D eigenvalue weighted by atomic mass is 32.2. The number of benzene rings is 1. The van der Waals surface area contributed by atoms with Crippen LogP contribution in [-0.2, 0) is 34.1 Å². The predicted molar refractivity (Wildman–Crippen MR) is 103 cm³/mol. The van der Waals surface area contributed by atoms with Crippen molar-refractivity contribution in [3.8, 4) is 0 Å². The monoisotopic (exact) mass is 378 g/mol. The van der Waals surface area contributed by atoms with Crippen molar-refractivity contribution in [2.24, 2.45) is 0 Å². The molecule has 1 saturated carbocycles. The second-order valence-electron chi connectivity index (χ2n) is 7.49. The van der Waals surface area contributed by atoms with E-state index in [2.05, 4.69) is 12.2 Å². The second-order valence-corrected chi connectivity index (χ2v) is 9.28. The fourth-order valence-electron chi connectivity index (χ4n) is 4.37. The molecule has 0 atom stereocenters. The molecule has 6 heteroatoms. The van der Waals surface area contributed by atoms with Crippen molar-refractivity contribution in [3.05, 3.63) is 28.8 Å². The summed E-state index contributed by atoms with van der Waals surface area (Å²) in [6, 6.07) is 4.08. The normalized spacial score (nSPS) is 20.5. The van der Waals surface area contributed by atoms with E-state index in [-0.39, 0.29) is 12.3 Å². The van der Waals surface area contributed by atoms with E-state index in [4.69, 9.17) is 0 Å². The van der Waals surface area contributed by atoms with Crippen molar-refractivity contribution in [2.75, 3.05) is 13.1 Å². The van der Waals surface area contributed by atoms with Crippen LogP contribution in [0.1, 0.15) is 63.1 Å². The number of hydrogen-bond acceptors (Lipinski definition) is 3. The van der Waals surface area contributed by atoms with Gasteiger partial charge >= 0.3 is 0 Å². The zero-order valence-corrected chi connectivity index (χ0v) is 16.9. The van der Waals surface area contributed by atoms with Gasteiger partial charge in [0, 0.05) is 25.0 Å². The van der Waals surface area contributed by atoms with E-state index in [1.807, 2.05) is 26.0 Å². The van der Waals surface area contributed by atoms with Crippen molar-refractivity contribution in [3.63, 3.8) is 0 Å². The number of aryl methyl sites for hydroxylation is 3. The molecule has 1 aliphatic carbocycles. The first kappa shape index (κ1) is 19.4. The zero-order valence-electron chi connectivity index (χ0n) is 16.1. The van der Waals surface area contributed by atoms with Gasteiger partial charge in [0.1, 0.15) is 0 Å². The van der Waals surface area contributed by atoms with Gasteiger partial charge in [-0.1, -0.05) is 32.9 Å². The van der Waals surface area contributed by atoms with Crippen LogP contribution >= 0.6 is 0 Å². The lowest BCUT2D eigenvalue weighted by Crippen LogP contribution is -2.56. The Morgan fingerprint density at radius 2 is 1.69 bits per heavy atom. The Labute approximate surface area is 157 Å². The van der Waals surface area contributed by atoms with Gasteiger partial charge in [0.05, 0.1) is 4.90 Å². The molecular formula is C20H30N2O3S. The van der Waals surface area contributed by atoms with Gasteiger partial charge in [-0.2, -0.15) is 4.31 Å². The van der Waals surface area contributed by atoms with Gasteiger partial charge in [-0.15, -0.1) is 0 Å². The van der Waals surface area contributed by atoms with Crippen LogP contribution in [0, 0.1) is 0 Å². The SMILES string of the molecule is CCc1cc(CC)c(S(=O)(=O)N2CCNC(=O)CC23CCC3)c(CC)c1. The third-order valence-corrected chi connectivity index (χ3v) is 8.15. The molecule has 1 saturated heterocycles. The molecule has 1 N–H and O–H groups in total. The van der Waals surface area contributed by atoms with Crippen molar-refractivity contribution in [1.29, 1.82) is 0 Å². The van der Waals surface area contributed by atoms with Gasteiger partial charge < -0.3 is 5.32 Å². The molecule has 2 aliphatic rings. The summed E-state index contributed by atoms with van der Waals surface area (Å²) in [7, 11) is -3.65. The number of hydrogen-bond donors (Lipinski definition) is 1. The third-order valence-electron chi connectivity index (χ3n) is 5.96. The quantitative estimate of drug-likeness (QED) is 0.857. The molecule has 1 aromatic carbocycles. The third kappa shape index (κ3) is 3.18. The van der Waals surface area contributed by atoms with Crippen molar-refractivity contribution >= 4 is 15.9 Å². The topological polar surface area (TPSA) is 66.5 Å². The molecule has 1 heterocycles. The number of amides is 1. The van der Waals surface area contributed by atoms with Crippen molar-refractivity contribution < 1.29 is 13.2 Å². The zero-order chi connectivity index (χ0) is 18.9.